The summed E-state index contributed by atoms with van der Waals surface area (Å²) in [4.78, 5) is 18.0. The summed E-state index contributed by atoms with van der Waals surface area (Å²) in [6, 6.07) is 17.4. The van der Waals surface area contributed by atoms with Crippen LogP contribution in [0.3, 0.4) is 0 Å². The predicted octanol–water partition coefficient (Wildman–Crippen LogP) is 4.92. The Kier molecular flexibility index (Phi) is 7.27. The number of nitrogens with one attached hydrogen (secondary N) is 1. The minimum Gasteiger partial charge on any atom is -0.304 e. The second kappa shape index (κ2) is 10.3. The van der Waals surface area contributed by atoms with Gasteiger partial charge in [0, 0.05) is 23.8 Å². The first-order valence-corrected chi connectivity index (χ1v) is 9.70. The molecule has 0 radical (unpaired) electrons. The monoisotopic (exact) mass is 401 g/mol. The highest BCUT2D eigenvalue weighted by Crippen LogP contribution is 2.16. The minimum atomic E-state index is -0.414. The predicted molar refractivity (Wildman–Crippen MR) is 119 cm³/mol. The van der Waals surface area contributed by atoms with Gasteiger partial charge in [-0.3, -0.25) is 20.0 Å². The lowest BCUT2D eigenvalue weighted by atomic mass is 9.89. The molecular weight excluding hydrogens is 377 g/mol. The van der Waals surface area contributed by atoms with Crippen molar-refractivity contribution in [3.05, 3.63) is 95.8 Å². The van der Waals surface area contributed by atoms with Gasteiger partial charge < -0.3 is 5.41 Å². The van der Waals surface area contributed by atoms with Gasteiger partial charge in [0.2, 0.25) is 0 Å². The van der Waals surface area contributed by atoms with Crippen molar-refractivity contribution >= 4 is 17.1 Å². The van der Waals surface area contributed by atoms with Crippen molar-refractivity contribution in [2.75, 3.05) is 0 Å². The lowest BCUT2D eigenvalue weighted by Crippen LogP contribution is -2.29. The van der Waals surface area contributed by atoms with Crippen LogP contribution in [-0.2, 0) is 13.1 Å². The average Bonchev–Trinajstić information content (AvgIpc) is 2.78. The van der Waals surface area contributed by atoms with E-state index >= 15 is 0 Å². The van der Waals surface area contributed by atoms with Gasteiger partial charge in [-0.05, 0) is 55.8 Å². The van der Waals surface area contributed by atoms with Gasteiger partial charge in [0.25, 0.3) is 0 Å². The van der Waals surface area contributed by atoms with E-state index in [4.69, 9.17) is 5.41 Å². The molecule has 2 heterocycles. The minimum absolute atomic E-state index is 0.329. The second-order valence-corrected chi connectivity index (χ2v) is 6.91. The van der Waals surface area contributed by atoms with Gasteiger partial charge >= 0.3 is 0 Å². The summed E-state index contributed by atoms with van der Waals surface area (Å²) in [6.07, 6.45) is 3.47. The lowest BCUT2D eigenvalue weighted by molar-refractivity contribution is 0.627. The Balaban J connectivity index is 1.88. The molecule has 3 rings (SSSR count). The highest BCUT2D eigenvalue weighted by Gasteiger charge is 2.23. The molecule has 0 amide bonds. The molecule has 0 unspecified atom stereocenters. The number of nitrogens with zero attached hydrogens (tertiary/aromatic N) is 4. The Morgan fingerprint density at radius 1 is 0.833 bits per heavy atom. The largest absolute Gasteiger partial charge is 0.304 e. The number of aliphatic imine (C=N–C) groups is 2. The zero-order valence-electron chi connectivity index (χ0n) is 17.1. The Morgan fingerprint density at radius 2 is 1.33 bits per heavy atom. The summed E-state index contributed by atoms with van der Waals surface area (Å²) >= 11 is 0. The molecule has 0 saturated heterocycles. The van der Waals surface area contributed by atoms with E-state index in [1.54, 1.807) is 24.5 Å². The molecular formula is C24H24FN5. The summed E-state index contributed by atoms with van der Waals surface area (Å²) < 4.78 is 13.4. The Hall–Kier alpha value is -3.54. The van der Waals surface area contributed by atoms with E-state index in [1.165, 1.54) is 12.1 Å². The topological polar surface area (TPSA) is 74.3 Å². The van der Waals surface area contributed by atoms with Crippen molar-refractivity contribution in [2.24, 2.45) is 15.9 Å². The lowest BCUT2D eigenvalue weighted by Gasteiger charge is -2.19. The summed E-state index contributed by atoms with van der Waals surface area (Å²) in [6.45, 7) is 4.64. The SMILES string of the molecule is CC(=NCc1ccccn1)C(C(=N)c1ccc(F)cc1)C(C)=NCc1ccccn1. The molecule has 0 atom stereocenters. The fourth-order valence-electron chi connectivity index (χ4n) is 3.09. The highest BCUT2D eigenvalue weighted by molar-refractivity contribution is 6.26. The molecule has 3 aromatic rings. The van der Waals surface area contributed by atoms with Crippen molar-refractivity contribution in [1.29, 1.82) is 5.41 Å². The molecule has 0 aliphatic rings. The van der Waals surface area contributed by atoms with Crippen LogP contribution < -0.4 is 0 Å². The van der Waals surface area contributed by atoms with E-state index < -0.39 is 5.92 Å². The summed E-state index contributed by atoms with van der Waals surface area (Å²) in [5.41, 5.74) is 4.20. The van der Waals surface area contributed by atoms with Gasteiger partial charge in [-0.25, -0.2) is 4.39 Å². The van der Waals surface area contributed by atoms with Crippen LogP contribution in [0.5, 0.6) is 0 Å². The van der Waals surface area contributed by atoms with Gasteiger partial charge in [0.15, 0.2) is 0 Å². The van der Waals surface area contributed by atoms with Crippen LogP contribution in [0.4, 0.5) is 4.39 Å². The first-order valence-electron chi connectivity index (χ1n) is 9.70. The standard InChI is InChI=1S/C24H24FN5/c1-17(29-15-21-7-3-5-13-27-21)23(24(26)19-9-11-20(25)12-10-19)18(2)30-16-22-8-4-6-14-28-22/h3-14,23,26H,15-16H2,1-2H3. The quantitative estimate of drug-likeness (QED) is 0.544. The molecule has 6 heteroatoms. The second-order valence-electron chi connectivity index (χ2n) is 6.91. The van der Waals surface area contributed by atoms with Crippen molar-refractivity contribution in [2.45, 2.75) is 26.9 Å². The number of aromatic nitrogens is 2. The van der Waals surface area contributed by atoms with E-state index in [-0.39, 0.29) is 5.82 Å². The van der Waals surface area contributed by atoms with Crippen LogP contribution in [0.2, 0.25) is 0 Å². The molecule has 1 N–H and O–H groups in total. The maximum atomic E-state index is 13.4. The van der Waals surface area contributed by atoms with Crippen molar-refractivity contribution in [1.82, 2.24) is 9.97 Å². The van der Waals surface area contributed by atoms with Crippen molar-refractivity contribution in [3.63, 3.8) is 0 Å². The van der Waals surface area contributed by atoms with E-state index in [2.05, 4.69) is 20.0 Å². The summed E-state index contributed by atoms with van der Waals surface area (Å²) in [5, 5.41) is 8.77. The zero-order chi connectivity index (χ0) is 21.3. The third-order valence-corrected chi connectivity index (χ3v) is 4.71. The van der Waals surface area contributed by atoms with E-state index in [0.717, 1.165) is 22.8 Å². The third kappa shape index (κ3) is 5.73. The summed E-state index contributed by atoms with van der Waals surface area (Å²) in [7, 11) is 0. The van der Waals surface area contributed by atoms with Crippen molar-refractivity contribution in [3.8, 4) is 0 Å². The molecule has 5 nitrogen and oxygen atoms in total. The van der Waals surface area contributed by atoms with Crippen LogP contribution in [0.1, 0.15) is 30.8 Å². The van der Waals surface area contributed by atoms with Gasteiger partial charge in [0.1, 0.15) is 5.82 Å². The number of rotatable bonds is 8. The number of pyridine rings is 2. The zero-order valence-corrected chi connectivity index (χ0v) is 17.1. The fraction of sp³-hybridized carbons (Fsp3) is 0.208. The van der Waals surface area contributed by atoms with E-state index in [9.17, 15) is 4.39 Å². The molecule has 0 aliphatic heterocycles. The number of halogens is 1. The molecule has 2 aromatic heterocycles. The highest BCUT2D eigenvalue weighted by atomic mass is 19.1. The molecule has 0 fully saturated rings. The number of benzene rings is 1. The van der Waals surface area contributed by atoms with E-state index in [0.29, 0.717) is 24.4 Å². The van der Waals surface area contributed by atoms with Crippen LogP contribution in [0.15, 0.2) is 83.0 Å². The van der Waals surface area contributed by atoms with Gasteiger partial charge in [-0.2, -0.15) is 0 Å². The van der Waals surface area contributed by atoms with Crippen LogP contribution in [-0.4, -0.2) is 27.1 Å². The fourth-order valence-corrected chi connectivity index (χ4v) is 3.09. The Morgan fingerprint density at radius 3 is 1.77 bits per heavy atom. The van der Waals surface area contributed by atoms with Gasteiger partial charge in [0.05, 0.1) is 36.1 Å². The third-order valence-electron chi connectivity index (χ3n) is 4.71. The number of hydrogen-bond acceptors (Lipinski definition) is 5. The van der Waals surface area contributed by atoms with Crippen LogP contribution in [0, 0.1) is 17.1 Å². The van der Waals surface area contributed by atoms with Crippen molar-refractivity contribution < 1.29 is 4.39 Å². The molecule has 0 spiro atoms. The Labute approximate surface area is 176 Å². The molecule has 0 bridgehead atoms. The molecule has 30 heavy (non-hydrogen) atoms. The molecule has 152 valence electrons. The molecule has 0 saturated carbocycles. The van der Waals surface area contributed by atoms with Crippen LogP contribution in [0.25, 0.3) is 0 Å². The average molecular weight is 401 g/mol. The molecule has 0 aliphatic carbocycles. The normalized spacial score (nSPS) is 13.2. The first kappa shape index (κ1) is 21.2. The number of hydrogen-bond donors (Lipinski definition) is 1. The first-order chi connectivity index (χ1) is 14.5. The molecule has 1 aromatic carbocycles. The summed E-state index contributed by atoms with van der Waals surface area (Å²) in [5.74, 6) is -0.743. The van der Waals surface area contributed by atoms with Gasteiger partial charge in [-0.15, -0.1) is 0 Å². The van der Waals surface area contributed by atoms with Gasteiger partial charge in [-0.1, -0.05) is 24.3 Å². The maximum Gasteiger partial charge on any atom is 0.123 e. The van der Waals surface area contributed by atoms with E-state index in [1.807, 2.05) is 50.2 Å². The Bertz CT molecular complexity index is 971. The maximum absolute atomic E-state index is 13.4. The smallest absolute Gasteiger partial charge is 0.123 e. The van der Waals surface area contributed by atoms with Crippen LogP contribution >= 0.6 is 0 Å².